The van der Waals surface area contributed by atoms with Gasteiger partial charge in [-0.15, -0.1) is 11.8 Å². The molecule has 2 aromatic rings. The molecule has 6 fully saturated rings. The van der Waals surface area contributed by atoms with E-state index in [-0.39, 0.29) is 117 Å². The number of imide groups is 1. The highest BCUT2D eigenvalue weighted by Gasteiger charge is 2.66. The van der Waals surface area contributed by atoms with E-state index in [1.807, 2.05) is 20.8 Å². The molecule has 0 aromatic heterocycles. The number of hydrogen-bond acceptors (Lipinski definition) is 27. The molecule has 1 aliphatic carbocycles. The van der Waals surface area contributed by atoms with E-state index in [0.29, 0.717) is 87.1 Å². The number of rotatable bonds is 25. The number of hydrogen-bond donors (Lipinski definition) is 6. The van der Waals surface area contributed by atoms with Crippen molar-refractivity contribution in [2.75, 3.05) is 70.1 Å². The van der Waals surface area contributed by atoms with Crippen LogP contribution in [-0.4, -0.2) is 264 Å². The third-order valence-corrected chi connectivity index (χ3v) is 30.4. The standard InChI is InChI=1S/C48H62ClN5O13S.C41H55ClN4O11S2/c1-26-9-8-10-33(25-56)48(64)22-35(65-46(63)51-48)27(2)42-47(4,67-42)37(21-39(58)53(7)34-19-30(17-26)18-32(24-55)41(34)49)66-45(62)28(3)52(6)38(57)15-16-68-36-20-40(59)54(44(36)61)23-29-11-13-31(14-12-29)43(60)50-5;1-23-10-9-11-29(22-48)41(54)20-31(55-39(53)44-41)25(3)37-40(5,57-37)32(19-35(51)46(8)30-18-27(16-23)17-28(21-47)36(30)42)56-38(52)26(4)45(7)34(50)14-15-58-59-24(2)12-13-33(49)43-6/h8-10,18-19,24-25,27-29,31,33,35-37,42,64H,11-17,20-23H2,1-7H3,(H,50,60)(H,51,63);9-11,17-18,21-22,24-26,29,31-32,37,54H,12-16,19-20H2,1-8H3,(H,43,49)(H,44,53)/b10-8+,26-9+;11-9+,23-10+/t27-,28-,29?,31?,33+,35+,36?,37+,42+,47+,48+;24?,25-,26-,29+,31+,32+,37+,40+,41+/m11/s1. The Hall–Kier alpha value is -9.01. The number of carbonyl (C=O) groups is 16. The van der Waals surface area contributed by atoms with E-state index in [2.05, 4.69) is 21.3 Å². The first-order chi connectivity index (χ1) is 59.9. The van der Waals surface area contributed by atoms with Crippen molar-refractivity contribution in [1.82, 2.24) is 36.0 Å². The van der Waals surface area contributed by atoms with Crippen LogP contribution in [-0.2, 0) is 98.8 Å². The number of esters is 2. The van der Waals surface area contributed by atoms with Crippen molar-refractivity contribution in [3.63, 3.8) is 0 Å². The van der Waals surface area contributed by atoms with Gasteiger partial charge >= 0.3 is 24.1 Å². The highest BCUT2D eigenvalue weighted by molar-refractivity contribution is 8.76. The minimum Gasteiger partial charge on any atom is -0.457 e. The van der Waals surface area contributed by atoms with E-state index >= 15 is 0 Å². The molecule has 2 unspecified atom stereocenters. The number of halogens is 2. The first kappa shape index (κ1) is 102. The van der Waals surface area contributed by atoms with Gasteiger partial charge in [-0.05, 0) is 128 Å². The quantitative estimate of drug-likeness (QED) is 0.0103. The van der Waals surface area contributed by atoms with Crippen LogP contribution < -0.4 is 31.1 Å². The van der Waals surface area contributed by atoms with Crippen LogP contribution in [0.25, 0.3) is 0 Å². The number of aliphatic hydroxyl groups is 2. The molecule has 0 spiro atoms. The molecule has 7 heterocycles. The molecule has 10 rings (SSSR count). The summed E-state index contributed by atoms with van der Waals surface area (Å²) >= 11 is 14.5. The van der Waals surface area contributed by atoms with E-state index in [0.717, 1.165) is 24.0 Å². The number of anilines is 2. The van der Waals surface area contributed by atoms with Crippen molar-refractivity contribution in [1.29, 1.82) is 0 Å². The lowest BCUT2D eigenvalue weighted by atomic mass is 9.81. The zero-order chi connectivity index (χ0) is 93.6. The monoisotopic (exact) mass is 1860 g/mol. The molecular weight excluding hydrogens is 1750 g/mol. The molecule has 2 aromatic carbocycles. The fourth-order valence-corrected chi connectivity index (χ4v) is 20.8. The highest BCUT2D eigenvalue weighted by Crippen LogP contribution is 2.52. The number of nitrogens with zero attached hydrogens (tertiary/aromatic N) is 5. The molecule has 18 atom stereocenters. The van der Waals surface area contributed by atoms with Gasteiger partial charge in [0.15, 0.2) is 24.0 Å². The smallest absolute Gasteiger partial charge is 0.409 e. The van der Waals surface area contributed by atoms with Gasteiger partial charge in [0.1, 0.15) is 60.3 Å². The SMILES string of the molecule is CNC(=O)C1CCC(CN2C(=O)CC(SCCC(=O)N(C)[C@H](C)C(=O)O[C@H]3CC(=O)N(C)c4cc(cc(C=O)c4Cl)C/C(C)=C/C=C/[C@@H](C=O)[C@@]4(O)C[C@H](OC(=O)N4)[C@@H](C)[C@@H]4O[C@@]34C)C2=O)CC1.CNC(=O)CCC(C)SSCCC(=O)N(C)[C@H](C)C(=O)O[C@H]1CC(=O)N(C)c2cc(cc(C=O)c2Cl)C/C(C)=C/C=C/[C@@H](C=O)[C@@]2(O)C[C@H](OC(=O)N2)[C@@H](C)[C@@H]2O[C@@]12C. The molecule has 10 amide bonds. The van der Waals surface area contributed by atoms with Crippen molar-refractivity contribution >= 4 is 164 Å². The maximum atomic E-state index is 14.3. The molecule has 5 saturated heterocycles. The van der Waals surface area contributed by atoms with E-state index < -0.39 is 155 Å². The minimum absolute atomic E-state index is 0.00402. The second-order valence-corrected chi connectivity index (χ2v) is 39.5. The molecule has 6 N–H and O–H groups in total. The van der Waals surface area contributed by atoms with Gasteiger partial charge in [0.25, 0.3) is 0 Å². The number of likely N-dealkylation sites (N-methyl/N-ethyl adjacent to an activating group) is 2. The Morgan fingerprint density at radius 2 is 1.08 bits per heavy atom. The molecule has 33 nitrogen and oxygen atoms in total. The van der Waals surface area contributed by atoms with Crippen LogP contribution in [0.4, 0.5) is 21.0 Å². The predicted octanol–water partition coefficient (Wildman–Crippen LogP) is 8.73. The Morgan fingerprint density at radius 3 is 1.50 bits per heavy atom. The van der Waals surface area contributed by atoms with E-state index in [1.165, 1.54) is 101 Å². The maximum Gasteiger partial charge on any atom is 0.409 e. The fourth-order valence-electron chi connectivity index (χ4n) is 16.8. The zero-order valence-electron chi connectivity index (χ0n) is 74.1. The predicted molar refractivity (Wildman–Crippen MR) is 476 cm³/mol. The Labute approximate surface area is 761 Å². The molecule has 1 saturated carbocycles. The van der Waals surface area contributed by atoms with Gasteiger partial charge < -0.3 is 78.5 Å². The lowest BCUT2D eigenvalue weighted by molar-refractivity contribution is -0.162. The van der Waals surface area contributed by atoms with Gasteiger partial charge in [-0.25, -0.2) is 19.2 Å². The van der Waals surface area contributed by atoms with Gasteiger partial charge in [0.05, 0.1) is 63.6 Å². The van der Waals surface area contributed by atoms with Crippen LogP contribution in [0.1, 0.15) is 178 Å². The number of alkyl carbamates (subject to hydrolysis) is 2. The molecule has 0 radical (unpaired) electrons. The average molecular weight is 1860 g/mol. The van der Waals surface area contributed by atoms with Gasteiger partial charge in [-0.1, -0.05) is 113 Å². The number of epoxide rings is 2. The van der Waals surface area contributed by atoms with Crippen LogP contribution in [0.5, 0.6) is 0 Å². The summed E-state index contributed by atoms with van der Waals surface area (Å²) in [5.41, 5.74) is -3.10. The maximum absolute atomic E-state index is 14.3. The molecular formula is C89H117Cl2N9O24S3. The van der Waals surface area contributed by atoms with Crippen LogP contribution >= 0.6 is 56.6 Å². The number of aldehydes is 4. The lowest BCUT2D eigenvalue weighted by Crippen LogP contribution is -2.61. The van der Waals surface area contributed by atoms with Crippen molar-refractivity contribution < 1.29 is 115 Å². The normalized spacial score (nSPS) is 31.2. The van der Waals surface area contributed by atoms with Crippen molar-refractivity contribution in [2.24, 2.45) is 35.5 Å². The second kappa shape index (κ2) is 44.1. The summed E-state index contributed by atoms with van der Waals surface area (Å²) in [4.78, 5) is 214. The third kappa shape index (κ3) is 25.0. The first-order valence-electron chi connectivity index (χ1n) is 42.5. The van der Waals surface area contributed by atoms with Gasteiger partial charge in [-0.2, -0.15) is 0 Å². The molecule has 38 heteroatoms. The largest absolute Gasteiger partial charge is 0.457 e. The van der Waals surface area contributed by atoms with E-state index in [4.69, 9.17) is 51.6 Å². The number of nitrogens with one attached hydrogen (secondary N) is 4. The summed E-state index contributed by atoms with van der Waals surface area (Å²) in [6, 6.07) is 4.33. The zero-order valence-corrected chi connectivity index (χ0v) is 78.1. The van der Waals surface area contributed by atoms with Gasteiger partial charge in [-0.3, -0.25) is 63.5 Å². The van der Waals surface area contributed by atoms with E-state index in [1.54, 1.807) is 101 Å². The summed E-state index contributed by atoms with van der Waals surface area (Å²) in [5, 5.41) is 33.0. The fraction of sp³-hybridized carbons (Fsp3) is 0.596. The lowest BCUT2D eigenvalue weighted by Gasteiger charge is -2.41. The first-order valence-corrected chi connectivity index (χ1v) is 46.6. The number of allylic oxidation sites excluding steroid dienone is 6. The number of amides is 10. The van der Waals surface area contributed by atoms with Crippen LogP contribution in [0, 0.1) is 35.5 Å². The number of ether oxygens (including phenoxy) is 6. The number of likely N-dealkylation sites (tertiary alicyclic amines) is 1. The highest BCUT2D eigenvalue weighted by atomic mass is 35.5. The van der Waals surface area contributed by atoms with Crippen LogP contribution in [0.15, 0.2) is 71.9 Å². The minimum atomic E-state index is -2.04. The Balaban J connectivity index is 0.000000290. The Bertz CT molecular complexity index is 4660. The number of thioether (sulfide) groups is 1. The summed E-state index contributed by atoms with van der Waals surface area (Å²) in [6.07, 6.45) is 7.28. The number of carbonyl (C=O) groups excluding carboxylic acids is 16. The molecule has 127 heavy (non-hydrogen) atoms. The average Bonchev–Trinajstić information content (AvgIpc) is 1.57. The second-order valence-electron chi connectivity index (χ2n) is 34.5. The third-order valence-electron chi connectivity index (χ3n) is 25.4. The van der Waals surface area contributed by atoms with Crippen molar-refractivity contribution in [2.45, 2.75) is 240 Å². The number of benzene rings is 2. The molecule has 694 valence electrons. The van der Waals surface area contributed by atoms with Crippen LogP contribution in [0.3, 0.4) is 0 Å². The van der Waals surface area contributed by atoms with Crippen LogP contribution in [0.2, 0.25) is 10.0 Å². The summed E-state index contributed by atoms with van der Waals surface area (Å²) in [7, 11) is 12.2. The van der Waals surface area contributed by atoms with E-state index in [9.17, 15) is 86.9 Å². The number of fused-ring (bicyclic) bond motifs is 10. The summed E-state index contributed by atoms with van der Waals surface area (Å²) < 4.78 is 35.9. The topological polar surface area (TPSA) is 440 Å². The summed E-state index contributed by atoms with van der Waals surface area (Å²) in [5.74, 6) is -6.99. The van der Waals surface area contributed by atoms with Gasteiger partial charge in [0.2, 0.25) is 47.3 Å². The Morgan fingerprint density at radius 1 is 0.638 bits per heavy atom. The molecule has 7 aliphatic heterocycles. The Kier molecular flexibility index (Phi) is 35.3. The molecule has 8 bridgehead atoms. The van der Waals surface area contributed by atoms with Crippen molar-refractivity contribution in [3.05, 3.63) is 104 Å². The summed E-state index contributed by atoms with van der Waals surface area (Å²) in [6.45, 7) is 15.7. The molecule has 8 aliphatic rings. The van der Waals surface area contributed by atoms with Gasteiger partial charge in [0, 0.05) is 133 Å². The van der Waals surface area contributed by atoms with Crippen molar-refractivity contribution in [3.8, 4) is 0 Å².